The molecule has 0 aliphatic carbocycles. The Hall–Kier alpha value is -2.48. The maximum Gasteiger partial charge on any atom is 0.385 e. The van der Waals surface area contributed by atoms with Crippen LogP contribution in [0.4, 0.5) is 11.4 Å². The van der Waals surface area contributed by atoms with Gasteiger partial charge in [-0.1, -0.05) is 0 Å². The Morgan fingerprint density at radius 3 is 2.53 bits per heavy atom. The predicted molar refractivity (Wildman–Crippen MR) is 53.8 cm³/mol. The molecule has 5 heteroatoms. The van der Waals surface area contributed by atoms with Crippen molar-refractivity contribution in [2.75, 3.05) is 0 Å². The van der Waals surface area contributed by atoms with Crippen LogP contribution in [0.25, 0.3) is 15.7 Å². The third-order valence-corrected chi connectivity index (χ3v) is 2.14. The first-order chi connectivity index (χ1) is 7.20. The summed E-state index contributed by atoms with van der Waals surface area (Å²) in [6.45, 7) is 0. The summed E-state index contributed by atoms with van der Waals surface area (Å²) >= 11 is 0. The highest BCUT2D eigenvalue weighted by Gasteiger charge is 2.13. The molecule has 0 unspecified atom stereocenters. The number of fused-ring (bicyclic) bond motifs is 1. The third kappa shape index (κ3) is 1.60. The molecule has 15 heavy (non-hydrogen) atoms. The smallest absolute Gasteiger partial charge is 0.241 e. The lowest BCUT2D eigenvalue weighted by Gasteiger charge is -1.92. The fraction of sp³-hybridized carbons (Fsp3) is 0. The van der Waals surface area contributed by atoms with Crippen molar-refractivity contribution >= 4 is 22.1 Å². The van der Waals surface area contributed by atoms with Crippen molar-refractivity contribution < 1.29 is 10.1 Å². The van der Waals surface area contributed by atoms with Crippen molar-refractivity contribution in [1.29, 1.82) is 5.39 Å². The van der Waals surface area contributed by atoms with Gasteiger partial charge in [-0.3, -0.25) is 0 Å². The molecule has 0 saturated carbocycles. The molecule has 0 atom stereocenters. The molecule has 0 heterocycles. The Bertz CT molecular complexity index is 587. The minimum atomic E-state index is -0.206. The molecule has 2 aromatic carbocycles. The van der Waals surface area contributed by atoms with Gasteiger partial charge >= 0.3 is 11.4 Å². The zero-order valence-corrected chi connectivity index (χ0v) is 7.66. The first-order valence-electron chi connectivity index (χ1n) is 4.26. The Kier molecular flexibility index (Phi) is 2.03. The number of benzene rings is 2. The maximum atomic E-state index is 10.6. The van der Waals surface area contributed by atoms with Crippen LogP contribution >= 0.6 is 0 Å². The molecule has 0 aromatic heterocycles. The van der Waals surface area contributed by atoms with Crippen molar-refractivity contribution in [2.45, 2.75) is 0 Å². The molecule has 0 bridgehead atoms. The van der Waals surface area contributed by atoms with E-state index in [1.165, 1.54) is 12.1 Å². The van der Waals surface area contributed by atoms with Crippen LogP contribution < -0.4 is 0 Å². The molecule has 0 fully saturated rings. The second kappa shape index (κ2) is 3.35. The molecule has 0 radical (unpaired) electrons. The van der Waals surface area contributed by atoms with Crippen LogP contribution in [-0.2, 0) is 0 Å². The van der Waals surface area contributed by atoms with E-state index < -0.39 is 0 Å². The van der Waals surface area contributed by atoms with Gasteiger partial charge in [-0.15, -0.1) is 0 Å². The summed E-state index contributed by atoms with van der Waals surface area (Å²) in [7, 11) is 0. The van der Waals surface area contributed by atoms with Crippen molar-refractivity contribution in [1.82, 2.24) is 0 Å². The summed E-state index contributed by atoms with van der Waals surface area (Å²) in [5.41, 5.74) is 0.535. The quantitative estimate of drug-likeness (QED) is 0.569. The summed E-state index contributed by atoms with van der Waals surface area (Å²) in [4.78, 5) is 13.5. The highest BCUT2D eigenvalue weighted by Crippen LogP contribution is 2.24. The SMILES string of the molecule is N#[N+]c1ccc2ccc([N+](=O)O)cc2c1. The van der Waals surface area contributed by atoms with Crippen molar-refractivity contribution in [2.24, 2.45) is 0 Å². The second-order valence-corrected chi connectivity index (χ2v) is 3.09. The van der Waals surface area contributed by atoms with Crippen LogP contribution in [0.1, 0.15) is 0 Å². The fourth-order valence-electron chi connectivity index (χ4n) is 1.40. The molecule has 0 saturated heterocycles. The van der Waals surface area contributed by atoms with Gasteiger partial charge < -0.3 is 0 Å². The molecule has 2 aromatic rings. The van der Waals surface area contributed by atoms with Gasteiger partial charge in [0.15, 0.2) is 4.98 Å². The predicted octanol–water partition coefficient (Wildman–Crippen LogP) is 3.12. The van der Waals surface area contributed by atoms with Gasteiger partial charge in [0.2, 0.25) is 5.39 Å². The Morgan fingerprint density at radius 2 is 1.87 bits per heavy atom. The summed E-state index contributed by atoms with van der Waals surface area (Å²) in [6, 6.07) is 9.74. The van der Waals surface area contributed by atoms with Crippen LogP contribution in [0.3, 0.4) is 0 Å². The first kappa shape index (κ1) is 9.09. The van der Waals surface area contributed by atoms with Gasteiger partial charge in [0, 0.05) is 24.3 Å². The average molecular weight is 201 g/mol. The minimum absolute atomic E-state index is 0.137. The molecule has 72 valence electrons. The van der Waals surface area contributed by atoms with E-state index in [1.807, 2.05) is 0 Å². The summed E-state index contributed by atoms with van der Waals surface area (Å²) in [5, 5.41) is 18.9. The summed E-state index contributed by atoms with van der Waals surface area (Å²) in [5.74, 6) is 0. The van der Waals surface area contributed by atoms with Crippen LogP contribution in [-0.4, -0.2) is 10.1 Å². The van der Waals surface area contributed by atoms with Gasteiger partial charge in [-0.2, -0.15) is 0 Å². The highest BCUT2D eigenvalue weighted by molar-refractivity contribution is 5.87. The molecule has 0 aliphatic heterocycles. The number of hydrogen-bond acceptors (Lipinski definition) is 2. The van der Waals surface area contributed by atoms with E-state index in [4.69, 9.17) is 10.6 Å². The van der Waals surface area contributed by atoms with Crippen molar-refractivity contribution in [3.05, 3.63) is 46.3 Å². The van der Waals surface area contributed by atoms with E-state index in [9.17, 15) is 4.91 Å². The third-order valence-electron chi connectivity index (χ3n) is 2.14. The van der Waals surface area contributed by atoms with E-state index in [-0.39, 0.29) is 10.6 Å². The van der Waals surface area contributed by atoms with Gasteiger partial charge in [0.1, 0.15) is 0 Å². The Balaban J connectivity index is 2.69. The highest BCUT2D eigenvalue weighted by atomic mass is 16.6. The Labute approximate surface area is 84.7 Å². The number of rotatable bonds is 1. The molecule has 0 amide bonds. The zero-order valence-electron chi connectivity index (χ0n) is 7.66. The second-order valence-electron chi connectivity index (χ2n) is 3.09. The molecule has 1 N–H and O–H groups in total. The molecule has 5 nitrogen and oxygen atoms in total. The Morgan fingerprint density at radius 1 is 1.13 bits per heavy atom. The largest absolute Gasteiger partial charge is 0.385 e. The number of hydrogen-bond donors (Lipinski definition) is 1. The summed E-state index contributed by atoms with van der Waals surface area (Å²) < 4.78 is 0. The van der Waals surface area contributed by atoms with E-state index in [1.54, 1.807) is 24.3 Å². The lowest BCUT2D eigenvalue weighted by Crippen LogP contribution is -1.90. The minimum Gasteiger partial charge on any atom is -0.241 e. The van der Waals surface area contributed by atoms with E-state index in [0.717, 1.165) is 10.8 Å². The van der Waals surface area contributed by atoms with Crippen molar-refractivity contribution in [3.63, 3.8) is 0 Å². The lowest BCUT2D eigenvalue weighted by atomic mass is 10.1. The zero-order chi connectivity index (χ0) is 10.8. The van der Waals surface area contributed by atoms with Crippen LogP contribution in [0, 0.1) is 10.3 Å². The lowest BCUT2D eigenvalue weighted by molar-refractivity contribution is -0.729. The van der Waals surface area contributed by atoms with Gasteiger partial charge in [-0.05, 0) is 22.9 Å². The van der Waals surface area contributed by atoms with E-state index in [0.29, 0.717) is 5.69 Å². The molecular weight excluding hydrogens is 194 g/mol. The average Bonchev–Trinajstić information content (AvgIpc) is 2.27. The molecular formula is C10H7N3O2+2. The maximum absolute atomic E-state index is 10.6. The van der Waals surface area contributed by atoms with E-state index in [2.05, 4.69) is 4.98 Å². The molecule has 0 aliphatic rings. The number of nitrogens with zero attached hydrogens (tertiary/aromatic N) is 3. The standard InChI is InChI=1S/C10H7N3O2/c11-12-9-3-1-7-2-4-10(13(14)15)6-8(7)5-9/h1-6H,(H,14,15)/q+2. The fourth-order valence-corrected chi connectivity index (χ4v) is 1.40. The molecule has 0 spiro atoms. The first-order valence-corrected chi connectivity index (χ1v) is 4.26. The topological polar surface area (TPSA) is 68.5 Å². The summed E-state index contributed by atoms with van der Waals surface area (Å²) in [6.07, 6.45) is 0. The normalized spacial score (nSPS) is 9.80. The van der Waals surface area contributed by atoms with Crippen LogP contribution in [0.2, 0.25) is 0 Å². The van der Waals surface area contributed by atoms with Crippen LogP contribution in [0.5, 0.6) is 0 Å². The molecule has 2 rings (SSSR count). The van der Waals surface area contributed by atoms with Crippen LogP contribution in [0.15, 0.2) is 36.4 Å². The monoisotopic (exact) mass is 201 g/mol. The van der Waals surface area contributed by atoms with Gasteiger partial charge in [0.05, 0.1) is 4.91 Å². The van der Waals surface area contributed by atoms with Gasteiger partial charge in [0.25, 0.3) is 4.92 Å². The number of diazo groups is 1. The van der Waals surface area contributed by atoms with Gasteiger partial charge in [-0.25, -0.2) is 5.21 Å². The van der Waals surface area contributed by atoms with E-state index >= 15 is 0 Å². The van der Waals surface area contributed by atoms with Crippen molar-refractivity contribution in [3.8, 4) is 0 Å².